The van der Waals surface area contributed by atoms with E-state index in [4.69, 9.17) is 0 Å². The normalized spacial score (nSPS) is 11.2. The number of thiophene rings is 2. The Kier molecular flexibility index (Phi) is 3.85. The van der Waals surface area contributed by atoms with Crippen molar-refractivity contribution < 1.29 is 5.11 Å². The van der Waals surface area contributed by atoms with Gasteiger partial charge in [-0.25, -0.2) is 4.98 Å². The van der Waals surface area contributed by atoms with Gasteiger partial charge in [-0.1, -0.05) is 18.2 Å². The van der Waals surface area contributed by atoms with E-state index in [-0.39, 0.29) is 5.75 Å². The quantitative estimate of drug-likeness (QED) is 0.355. The SMILES string of the molecule is Oc1ccc(-c2ccc(-c3cccs3)s2)cc1-c1nc2ccccc2s1. The predicted octanol–water partition coefficient (Wildman–Crippen LogP) is 7.13. The number of thiazole rings is 1. The van der Waals surface area contributed by atoms with E-state index in [0.717, 1.165) is 26.4 Å². The molecule has 2 nitrogen and oxygen atoms in total. The molecule has 0 bridgehead atoms. The number of hydrogen-bond donors (Lipinski definition) is 1. The van der Waals surface area contributed by atoms with Gasteiger partial charge in [-0.2, -0.15) is 0 Å². The van der Waals surface area contributed by atoms with Gasteiger partial charge in [-0.3, -0.25) is 0 Å². The van der Waals surface area contributed by atoms with Crippen LogP contribution in [0.15, 0.2) is 72.1 Å². The minimum Gasteiger partial charge on any atom is -0.507 e. The van der Waals surface area contributed by atoms with Crippen LogP contribution in [0.3, 0.4) is 0 Å². The molecule has 1 N–H and O–H groups in total. The number of benzene rings is 2. The zero-order valence-corrected chi connectivity index (χ0v) is 16.0. The molecule has 26 heavy (non-hydrogen) atoms. The maximum absolute atomic E-state index is 10.4. The lowest BCUT2D eigenvalue weighted by atomic mass is 10.1. The summed E-state index contributed by atoms with van der Waals surface area (Å²) in [5.41, 5.74) is 2.85. The van der Waals surface area contributed by atoms with E-state index in [2.05, 4.69) is 40.7 Å². The van der Waals surface area contributed by atoms with Gasteiger partial charge in [0.25, 0.3) is 0 Å². The number of rotatable bonds is 3. The molecule has 0 radical (unpaired) electrons. The molecule has 0 spiro atoms. The Morgan fingerprint density at radius 2 is 1.65 bits per heavy atom. The van der Waals surface area contributed by atoms with Crippen molar-refractivity contribution in [3.63, 3.8) is 0 Å². The lowest BCUT2D eigenvalue weighted by Gasteiger charge is -2.04. The highest BCUT2D eigenvalue weighted by atomic mass is 32.1. The molecule has 0 unspecified atom stereocenters. The number of fused-ring (bicyclic) bond motifs is 1. The van der Waals surface area contributed by atoms with Gasteiger partial charge in [-0.05, 0) is 59.5 Å². The molecule has 3 heterocycles. The maximum atomic E-state index is 10.4. The van der Waals surface area contributed by atoms with Gasteiger partial charge in [0.15, 0.2) is 0 Å². The van der Waals surface area contributed by atoms with Crippen LogP contribution in [0, 0.1) is 0 Å². The molecule has 0 aliphatic heterocycles. The van der Waals surface area contributed by atoms with Crippen molar-refractivity contribution in [1.29, 1.82) is 0 Å². The van der Waals surface area contributed by atoms with E-state index >= 15 is 0 Å². The van der Waals surface area contributed by atoms with Crippen molar-refractivity contribution in [3.8, 4) is 36.5 Å². The van der Waals surface area contributed by atoms with Crippen molar-refractivity contribution >= 4 is 44.2 Å². The molecule has 5 heteroatoms. The monoisotopic (exact) mass is 391 g/mol. The summed E-state index contributed by atoms with van der Waals surface area (Å²) in [6, 6.07) is 22.4. The Hall–Kier alpha value is -2.47. The molecule has 5 aromatic rings. The van der Waals surface area contributed by atoms with Crippen LogP contribution >= 0.6 is 34.0 Å². The van der Waals surface area contributed by atoms with Gasteiger partial charge in [0.1, 0.15) is 10.8 Å². The third kappa shape index (κ3) is 2.74. The van der Waals surface area contributed by atoms with Gasteiger partial charge in [-0.15, -0.1) is 34.0 Å². The van der Waals surface area contributed by atoms with Gasteiger partial charge >= 0.3 is 0 Å². The first-order valence-electron chi connectivity index (χ1n) is 8.11. The molecular weight excluding hydrogens is 378 g/mol. The highest BCUT2D eigenvalue weighted by molar-refractivity contribution is 7.23. The summed E-state index contributed by atoms with van der Waals surface area (Å²) in [4.78, 5) is 8.43. The summed E-state index contributed by atoms with van der Waals surface area (Å²) in [5, 5.41) is 13.3. The van der Waals surface area contributed by atoms with E-state index in [1.807, 2.05) is 30.3 Å². The second-order valence-corrected chi connectivity index (χ2v) is 8.92. The average Bonchev–Trinajstić information content (AvgIpc) is 3.40. The smallest absolute Gasteiger partial charge is 0.128 e. The van der Waals surface area contributed by atoms with Crippen LogP contribution in [0.2, 0.25) is 0 Å². The summed E-state index contributed by atoms with van der Waals surface area (Å²) < 4.78 is 1.13. The van der Waals surface area contributed by atoms with Gasteiger partial charge < -0.3 is 5.11 Å². The highest BCUT2D eigenvalue weighted by Crippen LogP contribution is 2.41. The number of aromatic hydroxyl groups is 1. The summed E-state index contributed by atoms with van der Waals surface area (Å²) in [5.74, 6) is 0.267. The fourth-order valence-electron chi connectivity index (χ4n) is 2.89. The Balaban J connectivity index is 1.58. The number of aromatic nitrogens is 1. The minimum absolute atomic E-state index is 0.267. The first kappa shape index (κ1) is 15.8. The third-order valence-electron chi connectivity index (χ3n) is 4.18. The van der Waals surface area contributed by atoms with E-state index in [1.54, 1.807) is 40.1 Å². The van der Waals surface area contributed by atoms with Crippen LogP contribution in [-0.2, 0) is 0 Å². The molecule has 0 amide bonds. The third-order valence-corrected chi connectivity index (χ3v) is 7.45. The van der Waals surface area contributed by atoms with Gasteiger partial charge in [0.2, 0.25) is 0 Å². The van der Waals surface area contributed by atoms with E-state index < -0.39 is 0 Å². The van der Waals surface area contributed by atoms with Crippen molar-refractivity contribution in [1.82, 2.24) is 4.98 Å². The molecule has 0 atom stereocenters. The van der Waals surface area contributed by atoms with Crippen molar-refractivity contribution in [2.24, 2.45) is 0 Å². The molecule has 0 fully saturated rings. The largest absolute Gasteiger partial charge is 0.507 e. The van der Waals surface area contributed by atoms with E-state index in [0.29, 0.717) is 0 Å². The minimum atomic E-state index is 0.267. The first-order valence-corrected chi connectivity index (χ1v) is 10.6. The number of phenolic OH excluding ortho intramolecular Hbond substituents is 1. The number of phenols is 1. The lowest BCUT2D eigenvalue weighted by molar-refractivity contribution is 0.477. The Morgan fingerprint density at radius 3 is 2.50 bits per heavy atom. The summed E-state index contributed by atoms with van der Waals surface area (Å²) in [6.45, 7) is 0. The number of hydrogen-bond acceptors (Lipinski definition) is 5. The Bertz CT molecular complexity index is 1170. The molecule has 0 saturated carbocycles. The second-order valence-electron chi connectivity index (χ2n) is 5.86. The van der Waals surface area contributed by atoms with Gasteiger partial charge in [0.05, 0.1) is 15.8 Å². The maximum Gasteiger partial charge on any atom is 0.128 e. The van der Waals surface area contributed by atoms with Crippen molar-refractivity contribution in [3.05, 3.63) is 72.1 Å². The van der Waals surface area contributed by atoms with Crippen LogP contribution in [0.1, 0.15) is 0 Å². The Morgan fingerprint density at radius 1 is 0.769 bits per heavy atom. The number of para-hydroxylation sites is 1. The molecule has 5 rings (SSSR count). The van der Waals surface area contributed by atoms with Crippen LogP contribution in [0.5, 0.6) is 5.75 Å². The predicted molar refractivity (Wildman–Crippen MR) is 113 cm³/mol. The molecular formula is C21H13NOS3. The standard InChI is InChI=1S/C21H13NOS3/c23-16-8-7-13(17-9-10-20(25-17)19-6-3-11-24-19)12-14(16)21-22-15-4-1-2-5-18(15)26-21/h1-12,23H. The molecule has 126 valence electrons. The summed E-state index contributed by atoms with van der Waals surface area (Å²) >= 11 is 5.13. The van der Waals surface area contributed by atoms with Gasteiger partial charge in [0, 0.05) is 14.6 Å². The lowest BCUT2D eigenvalue weighted by Crippen LogP contribution is -1.80. The number of nitrogens with zero attached hydrogens (tertiary/aromatic N) is 1. The molecule has 0 saturated heterocycles. The van der Waals surface area contributed by atoms with Crippen LogP contribution in [-0.4, -0.2) is 10.1 Å². The topological polar surface area (TPSA) is 33.1 Å². The molecule has 3 aromatic heterocycles. The zero-order chi connectivity index (χ0) is 17.5. The van der Waals surface area contributed by atoms with Crippen molar-refractivity contribution in [2.45, 2.75) is 0 Å². The molecule has 0 aliphatic rings. The molecule has 2 aromatic carbocycles. The zero-order valence-electron chi connectivity index (χ0n) is 13.5. The summed E-state index contributed by atoms with van der Waals surface area (Å²) in [6.07, 6.45) is 0. The van der Waals surface area contributed by atoms with Crippen LogP contribution in [0.4, 0.5) is 0 Å². The first-order chi connectivity index (χ1) is 12.8. The average molecular weight is 392 g/mol. The highest BCUT2D eigenvalue weighted by Gasteiger charge is 2.13. The fourth-order valence-corrected chi connectivity index (χ4v) is 5.72. The Labute approximate surface area is 162 Å². The second kappa shape index (κ2) is 6.36. The van der Waals surface area contributed by atoms with Crippen LogP contribution in [0.25, 0.3) is 41.0 Å². The summed E-state index contributed by atoms with van der Waals surface area (Å²) in [7, 11) is 0. The van der Waals surface area contributed by atoms with Crippen LogP contribution < -0.4 is 0 Å². The van der Waals surface area contributed by atoms with Crippen molar-refractivity contribution in [2.75, 3.05) is 0 Å². The van der Waals surface area contributed by atoms with E-state index in [9.17, 15) is 5.11 Å². The molecule has 0 aliphatic carbocycles. The fraction of sp³-hybridized carbons (Fsp3) is 0. The van der Waals surface area contributed by atoms with E-state index in [1.165, 1.54) is 14.6 Å².